The molecule has 0 fully saturated rings. The third kappa shape index (κ3) is 1.72. The van der Waals surface area contributed by atoms with Gasteiger partial charge in [0.2, 0.25) is 0 Å². The first-order chi connectivity index (χ1) is 11.5. The minimum atomic E-state index is 0.0727. The van der Waals surface area contributed by atoms with E-state index in [4.69, 9.17) is 16.0 Å². The quantitative estimate of drug-likeness (QED) is 0.407. The van der Waals surface area contributed by atoms with Crippen molar-refractivity contribution in [1.29, 1.82) is 0 Å². The van der Waals surface area contributed by atoms with Crippen LogP contribution in [0.15, 0.2) is 40.8 Å². The highest BCUT2D eigenvalue weighted by molar-refractivity contribution is 6.31. The molecule has 4 aromatic rings. The Balaban J connectivity index is 2.07. The van der Waals surface area contributed by atoms with E-state index in [-0.39, 0.29) is 5.41 Å². The first-order valence-corrected chi connectivity index (χ1v) is 8.63. The second kappa shape index (κ2) is 4.46. The average Bonchev–Trinajstić information content (AvgIpc) is 2.89. The van der Waals surface area contributed by atoms with Gasteiger partial charge in [-0.25, -0.2) is 0 Å². The Morgan fingerprint density at radius 1 is 1.04 bits per heavy atom. The van der Waals surface area contributed by atoms with Crippen LogP contribution in [0.2, 0.25) is 5.02 Å². The minimum Gasteiger partial charge on any atom is -0.508 e. The summed E-state index contributed by atoms with van der Waals surface area (Å²) in [6, 6.07) is 11.8. The highest BCUT2D eigenvalue weighted by atomic mass is 35.5. The number of furan rings is 1. The maximum Gasteiger partial charge on any atom is 0.143 e. The lowest BCUT2D eigenvalue weighted by molar-refractivity contribution is 0.443. The number of phenols is 1. The van der Waals surface area contributed by atoms with Crippen molar-refractivity contribution in [2.24, 2.45) is 0 Å². The van der Waals surface area contributed by atoms with Gasteiger partial charge in [0.15, 0.2) is 0 Å². The molecule has 5 rings (SSSR count). The van der Waals surface area contributed by atoms with E-state index < -0.39 is 0 Å². The third-order valence-electron chi connectivity index (χ3n) is 5.51. The van der Waals surface area contributed by atoms with Crippen molar-refractivity contribution in [2.75, 3.05) is 0 Å². The number of hydrogen-bond donors (Lipinski definition) is 1. The van der Waals surface area contributed by atoms with E-state index in [2.05, 4.69) is 19.9 Å². The molecule has 0 bridgehead atoms. The van der Waals surface area contributed by atoms with Gasteiger partial charge in [-0.3, -0.25) is 0 Å². The molecule has 1 heterocycles. The number of aryl methyl sites for hydroxylation is 1. The van der Waals surface area contributed by atoms with Crippen molar-refractivity contribution in [3.05, 3.63) is 52.5 Å². The molecule has 0 amide bonds. The lowest BCUT2D eigenvalue weighted by Crippen LogP contribution is -2.22. The number of phenolic OH excluding ortho intramolecular Hbond substituents is 1. The number of halogens is 1. The summed E-state index contributed by atoms with van der Waals surface area (Å²) in [5, 5.41) is 15.5. The van der Waals surface area contributed by atoms with E-state index in [1.54, 1.807) is 6.07 Å². The van der Waals surface area contributed by atoms with Crippen LogP contribution in [-0.4, -0.2) is 5.11 Å². The van der Waals surface area contributed by atoms with E-state index in [0.29, 0.717) is 10.8 Å². The van der Waals surface area contributed by atoms with E-state index in [9.17, 15) is 5.11 Å². The minimum absolute atomic E-state index is 0.0727. The number of benzene rings is 3. The Hall–Kier alpha value is -2.19. The number of hydrogen-bond acceptors (Lipinski definition) is 2. The van der Waals surface area contributed by atoms with Crippen molar-refractivity contribution in [3.8, 4) is 5.75 Å². The summed E-state index contributed by atoms with van der Waals surface area (Å²) in [5.41, 5.74) is 4.10. The molecular weight excluding hydrogens is 320 g/mol. The zero-order valence-electron chi connectivity index (χ0n) is 13.6. The van der Waals surface area contributed by atoms with E-state index in [1.165, 1.54) is 5.56 Å². The summed E-state index contributed by atoms with van der Waals surface area (Å²) in [6.45, 7) is 4.56. The average molecular weight is 337 g/mol. The monoisotopic (exact) mass is 336 g/mol. The van der Waals surface area contributed by atoms with Crippen LogP contribution in [0.1, 0.15) is 31.4 Å². The van der Waals surface area contributed by atoms with Crippen LogP contribution in [0, 0.1) is 0 Å². The maximum absolute atomic E-state index is 10.3. The molecule has 0 saturated carbocycles. The Kier molecular flexibility index (Phi) is 2.63. The Morgan fingerprint density at radius 3 is 2.67 bits per heavy atom. The van der Waals surface area contributed by atoms with E-state index in [1.807, 2.05) is 24.3 Å². The highest BCUT2D eigenvalue weighted by Gasteiger charge is 2.31. The largest absolute Gasteiger partial charge is 0.508 e. The van der Waals surface area contributed by atoms with Gasteiger partial charge >= 0.3 is 0 Å². The predicted molar refractivity (Wildman–Crippen MR) is 99.2 cm³/mol. The molecule has 1 N–H and O–H groups in total. The summed E-state index contributed by atoms with van der Waals surface area (Å²) in [5.74, 6) is 0.387. The Labute approximate surface area is 144 Å². The fourth-order valence-electron chi connectivity index (χ4n) is 4.14. The number of fused-ring (bicyclic) bond motifs is 4. The van der Waals surface area contributed by atoms with Crippen LogP contribution < -0.4 is 0 Å². The van der Waals surface area contributed by atoms with Crippen molar-refractivity contribution < 1.29 is 9.52 Å². The zero-order chi connectivity index (χ0) is 16.6. The maximum atomic E-state index is 10.3. The van der Waals surface area contributed by atoms with Gasteiger partial charge in [-0.05, 0) is 59.5 Å². The Morgan fingerprint density at radius 2 is 1.83 bits per heavy atom. The second-order valence-electron chi connectivity index (χ2n) is 7.41. The predicted octanol–water partition coefficient (Wildman–Crippen LogP) is 6.32. The first kappa shape index (κ1) is 14.2. The molecule has 3 aromatic carbocycles. The van der Waals surface area contributed by atoms with Gasteiger partial charge < -0.3 is 9.52 Å². The van der Waals surface area contributed by atoms with Crippen LogP contribution in [-0.2, 0) is 11.8 Å². The molecule has 0 radical (unpaired) electrons. The normalized spacial score (nSPS) is 16.3. The fourth-order valence-corrected chi connectivity index (χ4v) is 4.31. The summed E-state index contributed by atoms with van der Waals surface area (Å²) in [6.07, 6.45) is 1.92. The molecule has 0 aliphatic heterocycles. The standard InChI is InChI=1S/C21H17ClO2/c1-21(2)8-7-13-17(23)6-5-14-19(13)16(21)10-15-12-4-3-11(22)9-18(12)24-20(14)15/h3-6,9-10,23H,7-8H2,1-2H3. The van der Waals surface area contributed by atoms with Gasteiger partial charge in [-0.15, -0.1) is 0 Å². The smallest absolute Gasteiger partial charge is 0.143 e. The molecular formula is C21H17ClO2. The van der Waals surface area contributed by atoms with Crippen molar-refractivity contribution >= 4 is 44.3 Å². The lowest BCUT2D eigenvalue weighted by Gasteiger charge is -2.32. The molecule has 3 heteroatoms. The van der Waals surface area contributed by atoms with Crippen molar-refractivity contribution in [1.82, 2.24) is 0 Å². The van der Waals surface area contributed by atoms with Gasteiger partial charge in [0.05, 0.1) is 0 Å². The molecule has 2 nitrogen and oxygen atoms in total. The number of rotatable bonds is 0. The van der Waals surface area contributed by atoms with Gasteiger partial charge in [-0.2, -0.15) is 0 Å². The van der Waals surface area contributed by atoms with Crippen LogP contribution >= 0.6 is 11.6 Å². The van der Waals surface area contributed by atoms with Crippen LogP contribution in [0.4, 0.5) is 0 Å². The summed E-state index contributed by atoms with van der Waals surface area (Å²) in [7, 11) is 0. The van der Waals surface area contributed by atoms with Crippen LogP contribution in [0.5, 0.6) is 5.75 Å². The highest BCUT2D eigenvalue weighted by Crippen LogP contribution is 2.47. The zero-order valence-corrected chi connectivity index (χ0v) is 14.4. The van der Waals surface area contributed by atoms with Crippen molar-refractivity contribution in [2.45, 2.75) is 32.1 Å². The second-order valence-corrected chi connectivity index (χ2v) is 7.85. The molecule has 0 saturated heterocycles. The summed E-state index contributed by atoms with van der Waals surface area (Å²) in [4.78, 5) is 0. The summed E-state index contributed by atoms with van der Waals surface area (Å²) < 4.78 is 6.17. The molecule has 1 aliphatic rings. The third-order valence-corrected chi connectivity index (χ3v) is 5.75. The van der Waals surface area contributed by atoms with E-state index in [0.717, 1.165) is 51.1 Å². The van der Waals surface area contributed by atoms with Gasteiger partial charge in [0.25, 0.3) is 0 Å². The molecule has 0 atom stereocenters. The van der Waals surface area contributed by atoms with Gasteiger partial charge in [0, 0.05) is 32.8 Å². The SMILES string of the molecule is CC1(C)CCc2c(O)ccc3c2c1cc1c2ccc(Cl)cc2oc31. The van der Waals surface area contributed by atoms with Crippen LogP contribution in [0.25, 0.3) is 32.7 Å². The van der Waals surface area contributed by atoms with Gasteiger partial charge in [-0.1, -0.05) is 25.4 Å². The fraction of sp³-hybridized carbons (Fsp3) is 0.238. The summed E-state index contributed by atoms with van der Waals surface area (Å²) >= 11 is 6.13. The van der Waals surface area contributed by atoms with E-state index >= 15 is 0 Å². The number of aromatic hydroxyl groups is 1. The lowest BCUT2D eigenvalue weighted by atomic mass is 9.71. The molecule has 0 unspecified atom stereocenters. The molecule has 1 aliphatic carbocycles. The molecule has 24 heavy (non-hydrogen) atoms. The molecule has 120 valence electrons. The molecule has 0 spiro atoms. The Bertz CT molecular complexity index is 1150. The first-order valence-electron chi connectivity index (χ1n) is 8.25. The van der Waals surface area contributed by atoms with Gasteiger partial charge in [0.1, 0.15) is 16.9 Å². The molecule has 1 aromatic heterocycles. The van der Waals surface area contributed by atoms with Crippen molar-refractivity contribution in [3.63, 3.8) is 0 Å². The topological polar surface area (TPSA) is 33.4 Å². The van der Waals surface area contributed by atoms with Crippen LogP contribution in [0.3, 0.4) is 0 Å².